The Morgan fingerprint density at radius 3 is 2.56 bits per heavy atom. The zero-order chi connectivity index (χ0) is 31.1. The number of hydrogen-bond donors (Lipinski definition) is 2. The van der Waals surface area contributed by atoms with E-state index in [9.17, 15) is 19.5 Å². The molecule has 0 aromatic rings. The Balaban J connectivity index is 1.22. The molecule has 4 fully saturated rings. The van der Waals surface area contributed by atoms with Crippen molar-refractivity contribution >= 4 is 18.0 Å². The van der Waals surface area contributed by atoms with Gasteiger partial charge in [0, 0.05) is 25.6 Å². The number of rotatable bonds is 10. The lowest BCUT2D eigenvalue weighted by Gasteiger charge is -2.39. The van der Waals surface area contributed by atoms with E-state index in [-0.39, 0.29) is 54.7 Å². The molecule has 2 amide bonds. The van der Waals surface area contributed by atoms with Gasteiger partial charge in [-0.3, -0.25) is 9.59 Å². The Hall–Kier alpha value is -2.73. The maximum Gasteiger partial charge on any atom is 0.410 e. The molecule has 0 aromatic carbocycles. The number of amides is 2. The van der Waals surface area contributed by atoms with Crippen LogP contribution in [0.3, 0.4) is 0 Å². The minimum Gasteiger partial charge on any atom is -0.469 e. The summed E-state index contributed by atoms with van der Waals surface area (Å²) >= 11 is 0. The van der Waals surface area contributed by atoms with Crippen LogP contribution in [-0.4, -0.2) is 103 Å². The van der Waals surface area contributed by atoms with Crippen molar-refractivity contribution in [3.05, 3.63) is 36.0 Å². The van der Waals surface area contributed by atoms with Crippen LogP contribution in [0.2, 0.25) is 0 Å². The van der Waals surface area contributed by atoms with Crippen LogP contribution >= 0.6 is 0 Å². The van der Waals surface area contributed by atoms with Crippen LogP contribution in [0, 0.1) is 5.92 Å². The fourth-order valence-corrected chi connectivity index (χ4v) is 6.03. The van der Waals surface area contributed by atoms with Crippen LogP contribution in [0.4, 0.5) is 4.79 Å². The van der Waals surface area contributed by atoms with E-state index >= 15 is 0 Å². The number of methoxy groups -OCH3 is 1. The van der Waals surface area contributed by atoms with E-state index in [1.807, 2.05) is 26.0 Å². The molecule has 43 heavy (non-hydrogen) atoms. The first-order valence-electron chi connectivity index (χ1n) is 15.5. The van der Waals surface area contributed by atoms with Crippen molar-refractivity contribution in [1.82, 2.24) is 10.2 Å². The standard InChI is InChI=1S/C32H48N2O9/c1-20(9-12-27-30(37)32(19-40-32)18-24(43-27)17-29(36)39-5)8-11-26-21(2)16-25(23(4)42-26)33-28(35)13-10-22(3)41-31(38)34-14-6-7-15-34/h8-10,12-13,21-27,30,37H,6-7,11,14-19H2,1-5H3,(H,33,35)/b12-9+,13-10-,20-8+/t21-,22-,23+,24-,25+,26-,27?,30+,32+/m0/s1. The quantitative estimate of drug-likeness (QED) is 0.167. The number of ether oxygens (including phenoxy) is 5. The van der Waals surface area contributed by atoms with Gasteiger partial charge in [0.2, 0.25) is 5.91 Å². The summed E-state index contributed by atoms with van der Waals surface area (Å²) in [7, 11) is 1.35. The maximum absolute atomic E-state index is 12.6. The molecule has 0 radical (unpaired) electrons. The number of allylic oxidation sites excluding steroid dienone is 2. The first kappa shape index (κ1) is 33.2. The van der Waals surface area contributed by atoms with Crippen molar-refractivity contribution < 1.29 is 43.2 Å². The molecular formula is C32H48N2O9. The van der Waals surface area contributed by atoms with Gasteiger partial charge in [0.25, 0.3) is 0 Å². The minimum absolute atomic E-state index is 0.00356. The predicted molar refractivity (Wildman–Crippen MR) is 158 cm³/mol. The van der Waals surface area contributed by atoms with Gasteiger partial charge in [0.15, 0.2) is 0 Å². The fourth-order valence-electron chi connectivity index (χ4n) is 6.03. The highest BCUT2D eigenvalue weighted by Crippen LogP contribution is 2.43. The van der Waals surface area contributed by atoms with Crippen molar-refractivity contribution in [3.63, 3.8) is 0 Å². The van der Waals surface area contributed by atoms with E-state index in [1.165, 1.54) is 13.2 Å². The number of epoxide rings is 1. The molecule has 4 aliphatic rings. The lowest BCUT2D eigenvalue weighted by molar-refractivity contribution is -0.157. The third-order valence-corrected chi connectivity index (χ3v) is 8.84. The van der Waals surface area contributed by atoms with E-state index in [0.29, 0.717) is 19.4 Å². The van der Waals surface area contributed by atoms with Gasteiger partial charge < -0.3 is 39.0 Å². The molecular weight excluding hydrogens is 556 g/mol. The van der Waals surface area contributed by atoms with Gasteiger partial charge >= 0.3 is 12.1 Å². The van der Waals surface area contributed by atoms with Gasteiger partial charge in [-0.05, 0) is 58.4 Å². The lowest BCUT2D eigenvalue weighted by Crippen LogP contribution is -2.50. The Morgan fingerprint density at radius 2 is 1.88 bits per heavy atom. The number of aliphatic hydroxyl groups excluding tert-OH is 1. The number of carbonyl (C=O) groups excluding carboxylic acids is 3. The van der Waals surface area contributed by atoms with Crippen LogP contribution in [0.15, 0.2) is 36.0 Å². The molecule has 0 bridgehead atoms. The maximum atomic E-state index is 12.6. The Labute approximate surface area is 254 Å². The molecule has 0 saturated carbocycles. The highest BCUT2D eigenvalue weighted by Gasteiger charge is 2.58. The number of nitrogens with zero attached hydrogens (tertiary/aromatic N) is 1. The summed E-state index contributed by atoms with van der Waals surface area (Å²) in [6.07, 6.45) is 10.1. The smallest absolute Gasteiger partial charge is 0.410 e. The number of nitrogens with one attached hydrogen (secondary N) is 1. The molecule has 4 saturated heterocycles. The second-order valence-electron chi connectivity index (χ2n) is 12.4. The molecule has 4 rings (SSSR count). The molecule has 1 spiro atoms. The zero-order valence-electron chi connectivity index (χ0n) is 26.0. The molecule has 11 heteroatoms. The van der Waals surface area contributed by atoms with Crippen molar-refractivity contribution in [2.24, 2.45) is 5.92 Å². The van der Waals surface area contributed by atoms with Crippen LogP contribution < -0.4 is 5.32 Å². The molecule has 4 heterocycles. The molecule has 240 valence electrons. The summed E-state index contributed by atoms with van der Waals surface area (Å²) in [5.41, 5.74) is 0.353. The van der Waals surface area contributed by atoms with E-state index < -0.39 is 23.9 Å². The lowest BCUT2D eigenvalue weighted by atomic mass is 9.87. The van der Waals surface area contributed by atoms with Crippen LogP contribution in [0.1, 0.15) is 66.2 Å². The normalized spacial score (nSPS) is 35.3. The van der Waals surface area contributed by atoms with Gasteiger partial charge in [-0.25, -0.2) is 4.79 Å². The molecule has 2 N–H and O–H groups in total. The largest absolute Gasteiger partial charge is 0.469 e. The second kappa shape index (κ2) is 14.8. The third-order valence-electron chi connectivity index (χ3n) is 8.84. The summed E-state index contributed by atoms with van der Waals surface area (Å²) < 4.78 is 28.1. The van der Waals surface area contributed by atoms with E-state index in [1.54, 1.807) is 17.9 Å². The number of carbonyl (C=O) groups is 3. The molecule has 11 nitrogen and oxygen atoms in total. The summed E-state index contributed by atoms with van der Waals surface area (Å²) in [6, 6.07) is -0.129. The van der Waals surface area contributed by atoms with Gasteiger partial charge in [-0.1, -0.05) is 30.7 Å². The number of hydrogen-bond acceptors (Lipinski definition) is 9. The molecule has 9 atom stereocenters. The van der Waals surface area contributed by atoms with Crippen LogP contribution in [0.5, 0.6) is 0 Å². The highest BCUT2D eigenvalue weighted by molar-refractivity contribution is 5.87. The molecule has 0 aromatic heterocycles. The van der Waals surface area contributed by atoms with E-state index in [2.05, 4.69) is 18.3 Å². The van der Waals surface area contributed by atoms with Crippen molar-refractivity contribution in [3.8, 4) is 0 Å². The molecule has 1 unspecified atom stereocenters. The van der Waals surface area contributed by atoms with E-state index in [0.717, 1.165) is 37.9 Å². The summed E-state index contributed by atoms with van der Waals surface area (Å²) in [5.74, 6) is -0.376. The summed E-state index contributed by atoms with van der Waals surface area (Å²) in [5, 5.41) is 13.8. The van der Waals surface area contributed by atoms with Crippen molar-refractivity contribution in [2.45, 2.75) is 114 Å². The Morgan fingerprint density at radius 1 is 1.16 bits per heavy atom. The number of likely N-dealkylation sites (tertiary alicyclic amines) is 1. The fraction of sp³-hybridized carbons (Fsp3) is 0.719. The van der Waals surface area contributed by atoms with Crippen LogP contribution in [-0.2, 0) is 33.3 Å². The Bertz CT molecular complexity index is 1080. The monoisotopic (exact) mass is 604 g/mol. The SMILES string of the molecule is COC(=O)C[C@H]1C[C@@]2(CO2)[C@H](O)C(/C=C/C(C)=C/C[C@@H]2O[C@H](C)[C@H](NC(=O)/C=C\[C@H](C)OC(=O)N3CCCC3)C[C@@H]2C)O1. The minimum atomic E-state index is -0.803. The average Bonchev–Trinajstić information content (AvgIpc) is 3.51. The molecule has 4 aliphatic heterocycles. The van der Waals surface area contributed by atoms with E-state index in [4.69, 9.17) is 23.7 Å². The van der Waals surface area contributed by atoms with Gasteiger partial charge in [-0.2, -0.15) is 0 Å². The summed E-state index contributed by atoms with van der Waals surface area (Å²) in [6.45, 7) is 9.70. The Kier molecular flexibility index (Phi) is 11.4. The van der Waals surface area contributed by atoms with Gasteiger partial charge in [-0.15, -0.1) is 0 Å². The van der Waals surface area contributed by atoms with Crippen LogP contribution in [0.25, 0.3) is 0 Å². The van der Waals surface area contributed by atoms with Crippen molar-refractivity contribution in [1.29, 1.82) is 0 Å². The van der Waals surface area contributed by atoms with Crippen molar-refractivity contribution in [2.75, 3.05) is 26.8 Å². The second-order valence-corrected chi connectivity index (χ2v) is 12.4. The summed E-state index contributed by atoms with van der Waals surface area (Å²) in [4.78, 5) is 38.2. The first-order chi connectivity index (χ1) is 20.5. The first-order valence-corrected chi connectivity index (χ1v) is 15.5. The van der Waals surface area contributed by atoms with Gasteiger partial charge in [0.05, 0.1) is 44.5 Å². The van der Waals surface area contributed by atoms with Gasteiger partial charge in [0.1, 0.15) is 23.9 Å². The average molecular weight is 605 g/mol. The zero-order valence-corrected chi connectivity index (χ0v) is 26.0. The molecule has 0 aliphatic carbocycles. The highest BCUT2D eigenvalue weighted by atomic mass is 16.6. The topological polar surface area (TPSA) is 136 Å². The predicted octanol–water partition coefficient (Wildman–Crippen LogP) is 3.20. The number of esters is 1. The number of aliphatic hydroxyl groups is 1. The third kappa shape index (κ3) is 9.14.